The molecule has 0 radical (unpaired) electrons. The molecule has 1 aliphatic rings. The number of rotatable bonds is 6. The van der Waals surface area contributed by atoms with Gasteiger partial charge in [0.05, 0.1) is 17.0 Å². The zero-order chi connectivity index (χ0) is 40.0. The molecule has 0 spiro atoms. The fourth-order valence-corrected chi connectivity index (χ4v) is 8.89. The van der Waals surface area contributed by atoms with Crippen molar-refractivity contribution in [3.8, 4) is 62.9 Å². The Morgan fingerprint density at radius 3 is 1.62 bits per heavy atom. The summed E-state index contributed by atoms with van der Waals surface area (Å²) in [6, 6.07) is 73.3. The molecule has 0 aliphatic carbocycles. The summed E-state index contributed by atoms with van der Waals surface area (Å²) in [5.41, 5.74) is 8.96. The van der Waals surface area contributed by atoms with Crippen LogP contribution < -0.4 is 4.74 Å². The first-order valence-electron chi connectivity index (χ1n) is 20.0. The Kier molecular flexibility index (Phi) is 8.35. The molecule has 5 heteroatoms. The summed E-state index contributed by atoms with van der Waals surface area (Å²) in [6.07, 6.45) is 0. The fourth-order valence-electron chi connectivity index (χ4n) is 8.89. The van der Waals surface area contributed by atoms with Crippen LogP contribution in [0.3, 0.4) is 0 Å². The van der Waals surface area contributed by atoms with Crippen molar-refractivity contribution >= 4 is 21.5 Å². The van der Waals surface area contributed by atoms with Gasteiger partial charge >= 0.3 is 0 Å². The summed E-state index contributed by atoms with van der Waals surface area (Å²) in [6.45, 7) is 0. The SMILES string of the molecule is N#Cc1ccc(-c2ccc(-c3nc(-c4ccc5c(c4)C(c4ccccc4)(c4ccccc4)c4ccccc4O5)nc(-c4cc5ccccc5c5ccccc45)n3)cc2)cc1. The molecule has 5 nitrogen and oxygen atoms in total. The molecule has 0 fully saturated rings. The Morgan fingerprint density at radius 2 is 0.917 bits per heavy atom. The highest BCUT2D eigenvalue weighted by molar-refractivity contribution is 6.13. The van der Waals surface area contributed by atoms with Crippen molar-refractivity contribution in [2.45, 2.75) is 5.41 Å². The van der Waals surface area contributed by atoms with Gasteiger partial charge in [0.2, 0.25) is 0 Å². The van der Waals surface area contributed by atoms with E-state index in [1.54, 1.807) is 0 Å². The van der Waals surface area contributed by atoms with Gasteiger partial charge in [0.25, 0.3) is 0 Å². The number of benzene rings is 9. The second-order valence-electron chi connectivity index (χ2n) is 15.1. The first kappa shape index (κ1) is 35.0. The molecule has 10 aromatic rings. The van der Waals surface area contributed by atoms with Crippen LogP contribution in [-0.2, 0) is 5.41 Å². The maximum atomic E-state index is 9.33. The summed E-state index contributed by atoms with van der Waals surface area (Å²) < 4.78 is 6.73. The number of para-hydroxylation sites is 1. The van der Waals surface area contributed by atoms with E-state index in [0.29, 0.717) is 23.0 Å². The molecule has 1 aliphatic heterocycles. The molecule has 0 N–H and O–H groups in total. The van der Waals surface area contributed by atoms with Crippen molar-refractivity contribution in [2.24, 2.45) is 0 Å². The molecule has 9 aromatic carbocycles. The van der Waals surface area contributed by atoms with E-state index in [1.165, 1.54) is 5.39 Å². The summed E-state index contributed by atoms with van der Waals surface area (Å²) in [7, 11) is 0. The van der Waals surface area contributed by atoms with Crippen LogP contribution in [0.5, 0.6) is 11.5 Å². The Hall–Kier alpha value is -8.20. The second-order valence-corrected chi connectivity index (χ2v) is 15.1. The molecular weight excluding hydrogens is 733 g/mol. The average molecular weight is 767 g/mol. The average Bonchev–Trinajstić information content (AvgIpc) is 3.33. The second kappa shape index (κ2) is 14.3. The maximum Gasteiger partial charge on any atom is 0.164 e. The number of hydrogen-bond acceptors (Lipinski definition) is 5. The van der Waals surface area contributed by atoms with E-state index in [4.69, 9.17) is 19.7 Å². The molecule has 0 atom stereocenters. The van der Waals surface area contributed by atoms with Crippen LogP contribution in [-0.4, -0.2) is 15.0 Å². The van der Waals surface area contributed by atoms with Crippen molar-refractivity contribution in [1.82, 2.24) is 15.0 Å². The van der Waals surface area contributed by atoms with E-state index >= 15 is 0 Å². The summed E-state index contributed by atoms with van der Waals surface area (Å²) >= 11 is 0. The van der Waals surface area contributed by atoms with Gasteiger partial charge < -0.3 is 4.74 Å². The lowest BCUT2D eigenvalue weighted by molar-refractivity contribution is 0.434. The van der Waals surface area contributed by atoms with Crippen LogP contribution in [0.4, 0.5) is 0 Å². The molecule has 0 saturated heterocycles. The van der Waals surface area contributed by atoms with Gasteiger partial charge in [-0.15, -0.1) is 0 Å². The van der Waals surface area contributed by atoms with Crippen LogP contribution >= 0.6 is 0 Å². The number of aromatic nitrogens is 3. The van der Waals surface area contributed by atoms with Gasteiger partial charge in [-0.25, -0.2) is 15.0 Å². The minimum atomic E-state index is -0.697. The van der Waals surface area contributed by atoms with E-state index in [-0.39, 0.29) is 0 Å². The lowest BCUT2D eigenvalue weighted by Gasteiger charge is -2.41. The third-order valence-electron chi connectivity index (χ3n) is 11.7. The minimum absolute atomic E-state index is 0.556. The molecule has 60 heavy (non-hydrogen) atoms. The number of nitrogens with zero attached hydrogens (tertiary/aromatic N) is 4. The van der Waals surface area contributed by atoms with E-state index in [1.807, 2.05) is 30.3 Å². The Balaban J connectivity index is 1.15. The fraction of sp³-hybridized carbons (Fsp3) is 0.0182. The highest BCUT2D eigenvalue weighted by Crippen LogP contribution is 2.55. The third-order valence-corrected chi connectivity index (χ3v) is 11.7. The van der Waals surface area contributed by atoms with Crippen molar-refractivity contribution in [1.29, 1.82) is 5.26 Å². The normalized spacial score (nSPS) is 12.6. The van der Waals surface area contributed by atoms with Crippen LogP contribution in [0.15, 0.2) is 206 Å². The first-order valence-corrected chi connectivity index (χ1v) is 20.0. The van der Waals surface area contributed by atoms with Gasteiger partial charge in [0.15, 0.2) is 17.5 Å². The van der Waals surface area contributed by atoms with E-state index < -0.39 is 5.41 Å². The largest absolute Gasteiger partial charge is 0.457 e. The quantitative estimate of drug-likeness (QED) is 0.158. The number of nitriles is 1. The zero-order valence-corrected chi connectivity index (χ0v) is 32.3. The Labute approximate surface area is 347 Å². The van der Waals surface area contributed by atoms with Crippen LogP contribution in [0.2, 0.25) is 0 Å². The summed E-state index contributed by atoms with van der Waals surface area (Å²) in [5, 5.41) is 13.8. The first-order chi connectivity index (χ1) is 29.7. The molecule has 0 bridgehead atoms. The van der Waals surface area contributed by atoms with Gasteiger partial charge in [-0.1, -0.05) is 164 Å². The van der Waals surface area contributed by atoms with E-state index in [2.05, 4.69) is 182 Å². The molecule has 0 saturated carbocycles. The number of ether oxygens (including phenoxy) is 1. The van der Waals surface area contributed by atoms with Gasteiger partial charge in [-0.2, -0.15) is 5.26 Å². The molecule has 280 valence electrons. The highest BCUT2D eigenvalue weighted by atomic mass is 16.5. The molecule has 11 rings (SSSR count). The zero-order valence-electron chi connectivity index (χ0n) is 32.3. The summed E-state index contributed by atoms with van der Waals surface area (Å²) in [5.74, 6) is 3.31. The van der Waals surface area contributed by atoms with E-state index in [9.17, 15) is 5.26 Å². The standard InChI is InChI=1S/C55H34N4O/c56-35-36-23-25-37(26-24-36)38-27-29-39(30-28-38)52-57-53(59-54(58-52)47-33-40-13-7-8-18-44(40)45-19-9-10-20-46(45)47)41-31-32-51-49(34-41)55(42-14-3-1-4-15-42,43-16-5-2-6-17-43)48-21-11-12-22-50(48)60-51/h1-34H. The predicted molar refractivity (Wildman–Crippen MR) is 240 cm³/mol. The van der Waals surface area contributed by atoms with Gasteiger partial charge in [-0.3, -0.25) is 0 Å². The lowest BCUT2D eigenvalue weighted by Crippen LogP contribution is -2.34. The van der Waals surface area contributed by atoms with Crippen molar-refractivity contribution in [3.05, 3.63) is 234 Å². The Morgan fingerprint density at radius 1 is 0.400 bits per heavy atom. The molecule has 0 unspecified atom stereocenters. The maximum absolute atomic E-state index is 9.33. The molecule has 0 amide bonds. The number of fused-ring (bicyclic) bond motifs is 5. The van der Waals surface area contributed by atoms with E-state index in [0.717, 1.165) is 77.7 Å². The molecular formula is C55H34N4O. The minimum Gasteiger partial charge on any atom is -0.457 e. The van der Waals surface area contributed by atoms with Crippen LogP contribution in [0.25, 0.3) is 66.8 Å². The van der Waals surface area contributed by atoms with Crippen molar-refractivity contribution in [3.63, 3.8) is 0 Å². The molecule has 1 aromatic heterocycles. The van der Waals surface area contributed by atoms with Gasteiger partial charge in [0.1, 0.15) is 11.5 Å². The monoisotopic (exact) mass is 766 g/mol. The van der Waals surface area contributed by atoms with Crippen molar-refractivity contribution < 1.29 is 4.74 Å². The smallest absolute Gasteiger partial charge is 0.164 e. The number of hydrogen-bond donors (Lipinski definition) is 0. The molecule has 2 heterocycles. The lowest BCUT2D eigenvalue weighted by atomic mass is 9.63. The Bertz CT molecular complexity index is 3240. The van der Waals surface area contributed by atoms with Gasteiger partial charge in [-0.05, 0) is 86.3 Å². The highest BCUT2D eigenvalue weighted by Gasteiger charge is 2.45. The third kappa shape index (κ3) is 5.74. The van der Waals surface area contributed by atoms with Crippen molar-refractivity contribution in [2.75, 3.05) is 0 Å². The van der Waals surface area contributed by atoms with Gasteiger partial charge in [0, 0.05) is 27.8 Å². The summed E-state index contributed by atoms with van der Waals surface area (Å²) in [4.78, 5) is 15.8. The topological polar surface area (TPSA) is 71.7 Å². The van der Waals surface area contributed by atoms with Crippen LogP contribution in [0, 0.1) is 11.3 Å². The van der Waals surface area contributed by atoms with Crippen LogP contribution in [0.1, 0.15) is 27.8 Å². The predicted octanol–water partition coefficient (Wildman–Crippen LogP) is 13.2.